The summed E-state index contributed by atoms with van der Waals surface area (Å²) < 4.78 is 0. The van der Waals surface area contributed by atoms with Crippen LogP contribution in [-0.2, 0) is 0 Å². The predicted molar refractivity (Wildman–Crippen MR) is 95.3 cm³/mol. The molecule has 4 rings (SSSR count). The number of aromatic nitrogens is 1. The summed E-state index contributed by atoms with van der Waals surface area (Å²) in [6.45, 7) is 3.00. The highest BCUT2D eigenvalue weighted by atomic mass is 15.2. The van der Waals surface area contributed by atoms with Crippen molar-refractivity contribution in [3.8, 4) is 11.3 Å². The van der Waals surface area contributed by atoms with E-state index in [1.165, 1.54) is 0 Å². The molecule has 2 aromatic carbocycles. The second kappa shape index (κ2) is 5.69. The van der Waals surface area contributed by atoms with E-state index in [2.05, 4.69) is 53.2 Å². The number of aliphatic imine (C=N–C) groups is 1. The second-order valence-corrected chi connectivity index (χ2v) is 5.43. The van der Waals surface area contributed by atoms with Gasteiger partial charge in [-0.2, -0.15) is 0 Å². The number of para-hydroxylation sites is 1. The fourth-order valence-corrected chi connectivity index (χ4v) is 3.02. The van der Waals surface area contributed by atoms with Gasteiger partial charge in [0.25, 0.3) is 0 Å². The van der Waals surface area contributed by atoms with Crippen LogP contribution < -0.4 is 4.90 Å². The lowest BCUT2D eigenvalue weighted by molar-refractivity contribution is 1.06. The minimum Gasteiger partial charge on any atom is -0.326 e. The van der Waals surface area contributed by atoms with Crippen molar-refractivity contribution in [2.75, 3.05) is 11.4 Å². The van der Waals surface area contributed by atoms with Gasteiger partial charge in [-0.05, 0) is 25.1 Å². The lowest BCUT2D eigenvalue weighted by atomic mass is 10.1. The Kier molecular flexibility index (Phi) is 3.39. The first-order valence-corrected chi connectivity index (χ1v) is 7.84. The van der Waals surface area contributed by atoms with E-state index in [9.17, 15) is 0 Å². The Morgan fingerprint density at radius 1 is 0.870 bits per heavy atom. The number of anilines is 1. The summed E-state index contributed by atoms with van der Waals surface area (Å²) in [5, 5.41) is 0. The molecule has 3 nitrogen and oxygen atoms in total. The number of hydrogen-bond acceptors (Lipinski definition) is 3. The van der Waals surface area contributed by atoms with Gasteiger partial charge < -0.3 is 4.90 Å². The number of amidine groups is 1. The van der Waals surface area contributed by atoms with Gasteiger partial charge in [0.05, 0.1) is 17.1 Å². The van der Waals surface area contributed by atoms with Crippen molar-refractivity contribution in [3.63, 3.8) is 0 Å². The number of rotatable bonds is 2. The third kappa shape index (κ3) is 2.30. The number of hydrogen-bond donors (Lipinski definition) is 0. The van der Waals surface area contributed by atoms with Crippen molar-refractivity contribution < 1.29 is 0 Å². The summed E-state index contributed by atoms with van der Waals surface area (Å²) in [4.78, 5) is 11.8. The Balaban J connectivity index is 2.03. The molecule has 0 radical (unpaired) electrons. The van der Waals surface area contributed by atoms with Gasteiger partial charge >= 0.3 is 0 Å². The first-order chi connectivity index (χ1) is 11.4. The van der Waals surface area contributed by atoms with Crippen molar-refractivity contribution >= 4 is 17.2 Å². The van der Waals surface area contributed by atoms with E-state index in [0.29, 0.717) is 0 Å². The van der Waals surface area contributed by atoms with Gasteiger partial charge in [-0.1, -0.05) is 48.5 Å². The van der Waals surface area contributed by atoms with Crippen LogP contribution in [0.15, 0.2) is 77.9 Å². The standard InChI is InChI=1S/C20H17N3/c1-2-23-18-13-7-6-11-16(18)19-17(12-8-14-21-19)22-20(23)15-9-4-3-5-10-15/h3-14H,2H2,1H3. The van der Waals surface area contributed by atoms with Gasteiger partial charge in [-0.25, -0.2) is 4.99 Å². The molecule has 112 valence electrons. The smallest absolute Gasteiger partial charge is 0.141 e. The fraction of sp³-hybridized carbons (Fsp3) is 0.100. The molecule has 0 aliphatic carbocycles. The largest absolute Gasteiger partial charge is 0.326 e. The average molecular weight is 299 g/mol. The molecule has 0 saturated carbocycles. The summed E-state index contributed by atoms with van der Waals surface area (Å²) in [5.74, 6) is 0.965. The summed E-state index contributed by atoms with van der Waals surface area (Å²) in [6, 6.07) is 22.7. The van der Waals surface area contributed by atoms with Crippen LogP contribution in [0.25, 0.3) is 11.3 Å². The van der Waals surface area contributed by atoms with Gasteiger partial charge in [0.2, 0.25) is 0 Å². The van der Waals surface area contributed by atoms with Gasteiger partial charge in [-0.15, -0.1) is 0 Å². The molecule has 3 heteroatoms. The first-order valence-electron chi connectivity index (χ1n) is 7.84. The van der Waals surface area contributed by atoms with E-state index in [0.717, 1.165) is 40.6 Å². The quantitative estimate of drug-likeness (QED) is 0.688. The Morgan fingerprint density at radius 3 is 2.48 bits per heavy atom. The number of benzene rings is 2. The van der Waals surface area contributed by atoms with Crippen LogP contribution in [0.2, 0.25) is 0 Å². The zero-order chi connectivity index (χ0) is 15.6. The lowest BCUT2D eigenvalue weighted by Crippen LogP contribution is -2.31. The second-order valence-electron chi connectivity index (χ2n) is 5.43. The van der Waals surface area contributed by atoms with Crippen LogP contribution in [0.1, 0.15) is 12.5 Å². The summed E-state index contributed by atoms with van der Waals surface area (Å²) in [5.41, 5.74) is 5.23. The van der Waals surface area contributed by atoms with E-state index in [1.807, 2.05) is 36.5 Å². The van der Waals surface area contributed by atoms with Gasteiger partial charge in [0.1, 0.15) is 5.84 Å². The molecule has 1 aromatic heterocycles. The Morgan fingerprint density at radius 2 is 1.65 bits per heavy atom. The van der Waals surface area contributed by atoms with E-state index < -0.39 is 0 Å². The number of pyridine rings is 1. The molecule has 0 spiro atoms. The van der Waals surface area contributed by atoms with Crippen LogP contribution in [-0.4, -0.2) is 17.4 Å². The van der Waals surface area contributed by atoms with Gasteiger partial charge in [0, 0.05) is 23.9 Å². The number of nitrogens with zero attached hydrogens (tertiary/aromatic N) is 3. The molecular weight excluding hydrogens is 282 g/mol. The van der Waals surface area contributed by atoms with Crippen molar-refractivity contribution in [3.05, 3.63) is 78.5 Å². The van der Waals surface area contributed by atoms with Crippen molar-refractivity contribution in [2.24, 2.45) is 4.99 Å². The molecule has 0 unspecified atom stereocenters. The molecular formula is C20H17N3. The van der Waals surface area contributed by atoms with Crippen LogP contribution in [0.4, 0.5) is 11.4 Å². The predicted octanol–water partition coefficient (Wildman–Crippen LogP) is 4.67. The van der Waals surface area contributed by atoms with Crippen molar-refractivity contribution in [1.29, 1.82) is 0 Å². The van der Waals surface area contributed by atoms with Crippen LogP contribution in [0.5, 0.6) is 0 Å². The minimum absolute atomic E-state index is 0.846. The highest BCUT2D eigenvalue weighted by Gasteiger charge is 2.23. The molecule has 3 aromatic rings. The third-order valence-corrected chi connectivity index (χ3v) is 4.07. The van der Waals surface area contributed by atoms with Crippen LogP contribution in [0.3, 0.4) is 0 Å². The van der Waals surface area contributed by atoms with Gasteiger partial charge in [-0.3, -0.25) is 4.98 Å². The molecule has 1 aliphatic rings. The maximum absolute atomic E-state index is 4.96. The fourth-order valence-electron chi connectivity index (χ4n) is 3.02. The van der Waals surface area contributed by atoms with E-state index >= 15 is 0 Å². The van der Waals surface area contributed by atoms with Gasteiger partial charge in [0.15, 0.2) is 0 Å². The van der Waals surface area contributed by atoms with E-state index in [4.69, 9.17) is 4.99 Å². The van der Waals surface area contributed by atoms with Crippen LogP contribution in [0, 0.1) is 0 Å². The molecule has 0 N–H and O–H groups in total. The molecule has 0 fully saturated rings. The van der Waals surface area contributed by atoms with E-state index in [-0.39, 0.29) is 0 Å². The highest BCUT2D eigenvalue weighted by molar-refractivity contribution is 6.14. The highest BCUT2D eigenvalue weighted by Crippen LogP contribution is 2.39. The Hall–Kier alpha value is -2.94. The maximum atomic E-state index is 4.96. The molecule has 23 heavy (non-hydrogen) atoms. The zero-order valence-electron chi connectivity index (χ0n) is 13.0. The van der Waals surface area contributed by atoms with E-state index in [1.54, 1.807) is 0 Å². The first kappa shape index (κ1) is 13.7. The maximum Gasteiger partial charge on any atom is 0.141 e. The Labute approximate surface area is 136 Å². The lowest BCUT2D eigenvalue weighted by Gasteiger charge is -2.25. The van der Waals surface area contributed by atoms with Crippen molar-refractivity contribution in [1.82, 2.24) is 4.98 Å². The molecule has 0 atom stereocenters. The normalized spacial score (nSPS) is 12.9. The zero-order valence-corrected chi connectivity index (χ0v) is 13.0. The minimum atomic E-state index is 0.846. The SMILES string of the molecule is CCN1C(c2ccccc2)=Nc2cccnc2-c2ccccc21. The summed E-state index contributed by atoms with van der Waals surface area (Å²) in [7, 11) is 0. The number of fused-ring (bicyclic) bond motifs is 3. The summed E-state index contributed by atoms with van der Waals surface area (Å²) >= 11 is 0. The van der Waals surface area contributed by atoms with Crippen molar-refractivity contribution in [2.45, 2.75) is 6.92 Å². The Bertz CT molecular complexity index is 869. The molecule has 0 saturated heterocycles. The molecule has 0 amide bonds. The molecule has 0 bridgehead atoms. The third-order valence-electron chi connectivity index (χ3n) is 4.07. The average Bonchev–Trinajstić information content (AvgIpc) is 2.77. The van der Waals surface area contributed by atoms with Crippen LogP contribution >= 0.6 is 0 Å². The topological polar surface area (TPSA) is 28.5 Å². The molecule has 2 heterocycles. The summed E-state index contributed by atoms with van der Waals surface area (Å²) in [6.07, 6.45) is 1.83. The molecule has 1 aliphatic heterocycles. The monoisotopic (exact) mass is 299 g/mol.